The Morgan fingerprint density at radius 3 is 2.57 bits per heavy atom. The molecule has 0 aliphatic heterocycles. The van der Waals surface area contributed by atoms with E-state index < -0.39 is 8.38 Å². The van der Waals surface area contributed by atoms with Crippen molar-refractivity contribution in [3.8, 4) is 12.1 Å². The van der Waals surface area contributed by atoms with Crippen molar-refractivity contribution in [1.82, 2.24) is 0 Å². The Kier molecular flexibility index (Phi) is 5.25. The van der Waals surface area contributed by atoms with Gasteiger partial charge in [0.05, 0.1) is 13.2 Å². The average Bonchev–Trinajstić information content (AvgIpc) is 2.25. The van der Waals surface area contributed by atoms with Gasteiger partial charge in [-0.3, -0.25) is 0 Å². The molecule has 2 nitrogen and oxygen atoms in total. The molecule has 0 heterocycles. The van der Waals surface area contributed by atoms with Crippen molar-refractivity contribution < 1.29 is 9.05 Å². The van der Waals surface area contributed by atoms with Crippen molar-refractivity contribution in [1.29, 1.82) is 0 Å². The first kappa shape index (κ1) is 11.2. The lowest BCUT2D eigenvalue weighted by molar-refractivity contribution is 0.259. The Hall–Kier alpha value is -0.870. The van der Waals surface area contributed by atoms with Crippen LogP contribution in [0.4, 0.5) is 0 Å². The predicted molar refractivity (Wildman–Crippen MR) is 58.6 cm³/mol. The largest absolute Gasteiger partial charge is 0.325 e. The van der Waals surface area contributed by atoms with E-state index in [0.717, 1.165) is 5.56 Å². The highest BCUT2D eigenvalue weighted by Gasteiger charge is 2.05. The number of benzene rings is 1. The number of hydrogen-bond acceptors (Lipinski definition) is 2. The average molecular weight is 208 g/mol. The van der Waals surface area contributed by atoms with Gasteiger partial charge in [0.25, 0.3) is 8.38 Å². The van der Waals surface area contributed by atoms with Gasteiger partial charge in [-0.1, -0.05) is 30.3 Å². The summed E-state index contributed by atoms with van der Waals surface area (Å²) in [5.41, 5.74) is 3.60. The van der Waals surface area contributed by atoms with E-state index in [1.54, 1.807) is 0 Å². The lowest BCUT2D eigenvalue weighted by Gasteiger charge is -2.09. The third kappa shape index (κ3) is 3.89. The van der Waals surface area contributed by atoms with E-state index in [-0.39, 0.29) is 0 Å². The van der Waals surface area contributed by atoms with Crippen molar-refractivity contribution in [3.05, 3.63) is 35.9 Å². The fourth-order valence-corrected chi connectivity index (χ4v) is 1.66. The molecule has 1 unspecified atom stereocenters. The van der Waals surface area contributed by atoms with Crippen molar-refractivity contribution in [2.45, 2.75) is 13.5 Å². The molecule has 0 saturated carbocycles. The standard InChI is InChI=1S/C11H13O2P/c1-3-12-14(4-2)13-10-11-8-6-5-7-9-11/h2,5-9H,3,10H2,1H3. The van der Waals surface area contributed by atoms with Gasteiger partial charge in [-0.25, -0.2) is 0 Å². The van der Waals surface area contributed by atoms with Crippen LogP contribution in [0.3, 0.4) is 0 Å². The number of terminal acetylenes is 1. The molecule has 0 radical (unpaired) electrons. The fourth-order valence-electron chi connectivity index (χ4n) is 0.936. The van der Waals surface area contributed by atoms with Gasteiger partial charge in [-0.05, 0) is 18.1 Å². The van der Waals surface area contributed by atoms with Gasteiger partial charge < -0.3 is 9.05 Å². The zero-order chi connectivity index (χ0) is 10.2. The second kappa shape index (κ2) is 6.56. The van der Waals surface area contributed by atoms with Crippen LogP contribution in [0.2, 0.25) is 0 Å². The first-order valence-corrected chi connectivity index (χ1v) is 5.60. The molecule has 1 atom stereocenters. The Morgan fingerprint density at radius 1 is 1.29 bits per heavy atom. The van der Waals surface area contributed by atoms with Crippen LogP contribution in [0.25, 0.3) is 0 Å². The topological polar surface area (TPSA) is 18.5 Å². The summed E-state index contributed by atoms with van der Waals surface area (Å²) < 4.78 is 10.6. The molecule has 1 aromatic rings. The molecule has 0 N–H and O–H groups in total. The maximum Gasteiger partial charge on any atom is 0.256 e. The van der Waals surface area contributed by atoms with E-state index in [0.29, 0.717) is 13.2 Å². The van der Waals surface area contributed by atoms with Crippen molar-refractivity contribution in [2.75, 3.05) is 6.61 Å². The molecule has 0 aromatic heterocycles. The molecular weight excluding hydrogens is 195 g/mol. The van der Waals surface area contributed by atoms with E-state index in [1.165, 1.54) is 0 Å². The van der Waals surface area contributed by atoms with Gasteiger partial charge in [0.1, 0.15) is 0 Å². The molecule has 1 aromatic carbocycles. The lowest BCUT2D eigenvalue weighted by Crippen LogP contribution is -1.90. The quantitative estimate of drug-likeness (QED) is 0.546. The molecule has 14 heavy (non-hydrogen) atoms. The summed E-state index contributed by atoms with van der Waals surface area (Å²) in [7, 11) is -1.15. The minimum atomic E-state index is -1.15. The first-order chi connectivity index (χ1) is 6.86. The van der Waals surface area contributed by atoms with Crippen LogP contribution in [0, 0.1) is 12.1 Å². The van der Waals surface area contributed by atoms with E-state index in [4.69, 9.17) is 15.5 Å². The lowest BCUT2D eigenvalue weighted by atomic mass is 10.2. The molecule has 0 aliphatic rings. The van der Waals surface area contributed by atoms with Crippen LogP contribution >= 0.6 is 8.38 Å². The minimum Gasteiger partial charge on any atom is -0.325 e. The van der Waals surface area contributed by atoms with E-state index in [2.05, 4.69) is 5.66 Å². The van der Waals surface area contributed by atoms with Gasteiger partial charge in [0.2, 0.25) is 0 Å². The van der Waals surface area contributed by atoms with E-state index >= 15 is 0 Å². The molecule has 0 bridgehead atoms. The number of hydrogen-bond donors (Lipinski definition) is 0. The second-order valence-electron chi connectivity index (χ2n) is 2.56. The summed E-state index contributed by atoms with van der Waals surface area (Å²) in [4.78, 5) is 0. The predicted octanol–water partition coefficient (Wildman–Crippen LogP) is 3.14. The van der Waals surface area contributed by atoms with E-state index in [9.17, 15) is 0 Å². The van der Waals surface area contributed by atoms with Gasteiger partial charge in [0.15, 0.2) is 0 Å². The summed E-state index contributed by atoms with van der Waals surface area (Å²) in [6.07, 6.45) is 5.25. The molecule has 0 spiro atoms. The monoisotopic (exact) mass is 208 g/mol. The third-order valence-electron chi connectivity index (χ3n) is 1.54. The molecule has 1 rings (SSSR count). The molecule has 74 valence electrons. The van der Waals surface area contributed by atoms with Gasteiger partial charge >= 0.3 is 0 Å². The van der Waals surface area contributed by atoms with Crippen LogP contribution in [0.15, 0.2) is 30.3 Å². The SMILES string of the molecule is C#CP(OCC)OCc1ccccc1. The fraction of sp³-hybridized carbons (Fsp3) is 0.273. The minimum absolute atomic E-state index is 0.511. The summed E-state index contributed by atoms with van der Waals surface area (Å²) in [5, 5.41) is 0. The normalized spacial score (nSPS) is 12.0. The Labute approximate surface area is 86.2 Å². The molecule has 0 saturated heterocycles. The number of rotatable bonds is 5. The maximum atomic E-state index is 5.42. The highest BCUT2D eigenvalue weighted by atomic mass is 31.2. The van der Waals surface area contributed by atoms with E-state index in [1.807, 2.05) is 37.3 Å². The zero-order valence-electron chi connectivity index (χ0n) is 8.14. The highest BCUT2D eigenvalue weighted by molar-refractivity contribution is 7.52. The summed E-state index contributed by atoms with van der Waals surface area (Å²) in [6, 6.07) is 9.90. The molecule has 0 aliphatic carbocycles. The molecule has 0 fully saturated rings. The van der Waals surface area contributed by atoms with Crippen LogP contribution in [0.5, 0.6) is 0 Å². The van der Waals surface area contributed by atoms with Gasteiger partial charge in [-0.15, -0.1) is 6.42 Å². The second-order valence-corrected chi connectivity index (χ2v) is 3.85. The Morgan fingerprint density at radius 2 is 2.00 bits per heavy atom. The molecular formula is C11H13O2P. The smallest absolute Gasteiger partial charge is 0.256 e. The molecule has 0 amide bonds. The summed E-state index contributed by atoms with van der Waals surface area (Å²) in [5.74, 6) is 0. The summed E-state index contributed by atoms with van der Waals surface area (Å²) in [6.45, 7) is 3.00. The van der Waals surface area contributed by atoms with Crippen LogP contribution in [-0.2, 0) is 15.7 Å². The third-order valence-corrected chi connectivity index (χ3v) is 2.61. The highest BCUT2D eigenvalue weighted by Crippen LogP contribution is 2.37. The Balaban J connectivity index is 2.37. The summed E-state index contributed by atoms with van der Waals surface area (Å²) >= 11 is 0. The van der Waals surface area contributed by atoms with Crippen molar-refractivity contribution >= 4 is 8.38 Å². The van der Waals surface area contributed by atoms with Gasteiger partial charge in [-0.2, -0.15) is 0 Å². The zero-order valence-corrected chi connectivity index (χ0v) is 9.04. The molecule has 3 heteroatoms. The van der Waals surface area contributed by atoms with Crippen LogP contribution in [0.1, 0.15) is 12.5 Å². The van der Waals surface area contributed by atoms with Gasteiger partial charge in [0, 0.05) is 0 Å². The Bertz CT molecular complexity index is 292. The maximum absolute atomic E-state index is 5.42. The van der Waals surface area contributed by atoms with Crippen LogP contribution in [-0.4, -0.2) is 6.61 Å². The van der Waals surface area contributed by atoms with Crippen molar-refractivity contribution in [3.63, 3.8) is 0 Å². The van der Waals surface area contributed by atoms with Crippen LogP contribution < -0.4 is 0 Å². The first-order valence-electron chi connectivity index (χ1n) is 4.43. The van der Waals surface area contributed by atoms with Crippen molar-refractivity contribution in [2.24, 2.45) is 0 Å².